The highest BCUT2D eigenvalue weighted by Crippen LogP contribution is 2.30. The highest BCUT2D eigenvalue weighted by atomic mass is 16.6. The number of benzene rings is 1. The number of likely N-dealkylation sites (N-methyl/N-ethyl adjacent to an activating group) is 1. The second kappa shape index (κ2) is 12.3. The fourth-order valence-corrected chi connectivity index (χ4v) is 4.95. The zero-order valence-corrected chi connectivity index (χ0v) is 23.1. The van der Waals surface area contributed by atoms with Crippen molar-refractivity contribution < 1.29 is 23.9 Å². The quantitative estimate of drug-likeness (QED) is 0.534. The lowest BCUT2D eigenvalue weighted by Crippen LogP contribution is -2.56. The molecular weight excluding hydrogens is 484 g/mol. The number of carbonyl (C=O) groups is 4. The summed E-state index contributed by atoms with van der Waals surface area (Å²) in [4.78, 5) is 54.9. The first-order valence-corrected chi connectivity index (χ1v) is 13.3. The summed E-state index contributed by atoms with van der Waals surface area (Å²) in [6, 6.07) is 5.49. The van der Waals surface area contributed by atoms with E-state index in [4.69, 9.17) is 11.2 Å². The Hall–Kier alpha value is -3.54. The molecule has 4 atom stereocenters. The summed E-state index contributed by atoms with van der Waals surface area (Å²) < 4.78 is 5.33. The molecule has 1 heterocycles. The number of nitrogens with zero attached hydrogens (tertiary/aromatic N) is 2. The van der Waals surface area contributed by atoms with Gasteiger partial charge in [-0.2, -0.15) is 0 Å². The van der Waals surface area contributed by atoms with E-state index in [-0.39, 0.29) is 18.4 Å². The summed E-state index contributed by atoms with van der Waals surface area (Å²) in [5, 5.41) is 5.85. The molecule has 1 aliphatic heterocycles. The molecule has 206 valence electrons. The van der Waals surface area contributed by atoms with Gasteiger partial charge in [0, 0.05) is 20.0 Å². The van der Waals surface area contributed by atoms with E-state index in [2.05, 4.69) is 22.6 Å². The van der Waals surface area contributed by atoms with Gasteiger partial charge in [0.25, 0.3) is 0 Å². The minimum atomic E-state index is -1.01. The van der Waals surface area contributed by atoms with Crippen LogP contribution in [-0.2, 0) is 25.5 Å². The van der Waals surface area contributed by atoms with Gasteiger partial charge < -0.3 is 20.3 Å². The molecule has 38 heavy (non-hydrogen) atoms. The number of carbonyl (C=O) groups excluding carboxylic acids is 4. The normalized spacial score (nSPS) is 20.4. The lowest BCUT2D eigenvalue weighted by molar-refractivity contribution is -0.142. The van der Waals surface area contributed by atoms with E-state index >= 15 is 0 Å². The third-order valence-corrected chi connectivity index (χ3v) is 7.10. The van der Waals surface area contributed by atoms with Crippen molar-refractivity contribution in [3.63, 3.8) is 0 Å². The number of rotatable bonds is 7. The lowest BCUT2D eigenvalue weighted by atomic mass is 9.87. The number of hydrogen-bond donors (Lipinski definition) is 2. The minimum absolute atomic E-state index is 0.0334. The molecule has 4 amide bonds. The Morgan fingerprint density at radius 2 is 1.89 bits per heavy atom. The van der Waals surface area contributed by atoms with Gasteiger partial charge in [-0.05, 0) is 70.9 Å². The second-order valence-corrected chi connectivity index (χ2v) is 11.1. The van der Waals surface area contributed by atoms with Crippen LogP contribution in [0.1, 0.15) is 77.0 Å². The molecule has 2 N–H and O–H groups in total. The summed E-state index contributed by atoms with van der Waals surface area (Å²) >= 11 is 0. The minimum Gasteiger partial charge on any atom is -0.444 e. The van der Waals surface area contributed by atoms with E-state index in [1.54, 1.807) is 27.7 Å². The SMILES string of the molecule is C#CC[C@H](NC(=O)[C@H](C)N(C)C(=O)OC(C)(C)C)C(=O)N1CCC[C@H]1C(=O)N[C@@H]1CCCc2ccccc21. The molecule has 0 spiro atoms. The Kier molecular flexibility index (Phi) is 9.42. The van der Waals surface area contributed by atoms with Crippen molar-refractivity contribution in [1.29, 1.82) is 0 Å². The highest BCUT2D eigenvalue weighted by molar-refractivity contribution is 5.94. The number of hydrogen-bond acceptors (Lipinski definition) is 5. The average molecular weight is 525 g/mol. The Labute approximate surface area is 225 Å². The van der Waals surface area contributed by atoms with Crippen molar-refractivity contribution in [3.05, 3.63) is 35.4 Å². The summed E-state index contributed by atoms with van der Waals surface area (Å²) in [6.07, 6.45) is 8.89. The van der Waals surface area contributed by atoms with Crippen molar-refractivity contribution in [3.8, 4) is 12.3 Å². The number of ether oxygens (including phenoxy) is 1. The first-order valence-electron chi connectivity index (χ1n) is 13.3. The van der Waals surface area contributed by atoms with E-state index in [1.807, 2.05) is 18.2 Å². The van der Waals surface area contributed by atoms with Crippen LogP contribution in [0, 0.1) is 12.3 Å². The molecule has 1 fully saturated rings. The molecular formula is C29H40N4O5. The Bertz CT molecular complexity index is 1090. The van der Waals surface area contributed by atoms with Crippen molar-refractivity contribution in [2.24, 2.45) is 0 Å². The monoisotopic (exact) mass is 524 g/mol. The summed E-state index contributed by atoms with van der Waals surface area (Å²) in [7, 11) is 1.46. The van der Waals surface area contributed by atoms with Gasteiger partial charge in [-0.25, -0.2) is 4.79 Å². The molecule has 1 aliphatic carbocycles. The van der Waals surface area contributed by atoms with Gasteiger partial charge in [-0.3, -0.25) is 19.3 Å². The van der Waals surface area contributed by atoms with Gasteiger partial charge in [-0.1, -0.05) is 24.3 Å². The van der Waals surface area contributed by atoms with Gasteiger partial charge in [0.2, 0.25) is 17.7 Å². The zero-order valence-electron chi connectivity index (χ0n) is 23.1. The maximum atomic E-state index is 13.5. The van der Waals surface area contributed by atoms with Crippen molar-refractivity contribution in [1.82, 2.24) is 20.4 Å². The fraction of sp³-hybridized carbons (Fsp3) is 0.586. The number of aryl methyl sites for hydroxylation is 1. The maximum absolute atomic E-state index is 13.5. The molecule has 9 heteroatoms. The van der Waals surface area contributed by atoms with Crippen LogP contribution in [-0.4, -0.2) is 70.9 Å². The largest absolute Gasteiger partial charge is 0.444 e. The number of fused-ring (bicyclic) bond motifs is 1. The Morgan fingerprint density at radius 1 is 1.18 bits per heavy atom. The topological polar surface area (TPSA) is 108 Å². The van der Waals surface area contributed by atoms with Gasteiger partial charge in [-0.15, -0.1) is 12.3 Å². The Morgan fingerprint density at radius 3 is 2.58 bits per heavy atom. The van der Waals surface area contributed by atoms with Crippen LogP contribution in [0.15, 0.2) is 24.3 Å². The molecule has 2 aliphatic rings. The van der Waals surface area contributed by atoms with Crippen LogP contribution in [0.4, 0.5) is 4.79 Å². The van der Waals surface area contributed by atoms with Crippen LogP contribution >= 0.6 is 0 Å². The van der Waals surface area contributed by atoms with Crippen LogP contribution in [0.2, 0.25) is 0 Å². The first kappa shape index (κ1) is 29.0. The second-order valence-electron chi connectivity index (χ2n) is 11.1. The smallest absolute Gasteiger partial charge is 0.410 e. The molecule has 1 aromatic rings. The van der Waals surface area contributed by atoms with E-state index in [9.17, 15) is 19.2 Å². The van der Waals surface area contributed by atoms with Crippen LogP contribution in [0.25, 0.3) is 0 Å². The van der Waals surface area contributed by atoms with E-state index < -0.39 is 41.6 Å². The highest BCUT2D eigenvalue weighted by Gasteiger charge is 2.39. The third kappa shape index (κ3) is 7.06. The van der Waals surface area contributed by atoms with Gasteiger partial charge >= 0.3 is 6.09 Å². The number of terminal acetylenes is 1. The predicted octanol–water partition coefficient (Wildman–Crippen LogP) is 2.93. The molecule has 0 aromatic heterocycles. The number of amides is 4. The van der Waals surface area contributed by atoms with Crippen molar-refractivity contribution in [2.45, 2.75) is 96.0 Å². The lowest BCUT2D eigenvalue weighted by Gasteiger charge is -2.32. The van der Waals surface area contributed by atoms with Crippen LogP contribution in [0.5, 0.6) is 0 Å². The molecule has 0 radical (unpaired) electrons. The summed E-state index contributed by atoms with van der Waals surface area (Å²) in [5.41, 5.74) is 1.66. The first-order chi connectivity index (χ1) is 17.9. The van der Waals surface area contributed by atoms with Gasteiger partial charge in [0.1, 0.15) is 23.7 Å². The van der Waals surface area contributed by atoms with Crippen LogP contribution in [0.3, 0.4) is 0 Å². The van der Waals surface area contributed by atoms with Crippen molar-refractivity contribution >= 4 is 23.8 Å². The predicted molar refractivity (Wildman–Crippen MR) is 144 cm³/mol. The average Bonchev–Trinajstić information content (AvgIpc) is 3.36. The molecule has 1 aromatic carbocycles. The molecule has 1 saturated heterocycles. The summed E-state index contributed by atoms with van der Waals surface area (Å²) in [6.45, 7) is 7.16. The number of nitrogens with one attached hydrogen (secondary N) is 2. The van der Waals surface area contributed by atoms with E-state index in [1.165, 1.54) is 22.4 Å². The van der Waals surface area contributed by atoms with E-state index in [0.29, 0.717) is 19.4 Å². The molecule has 0 saturated carbocycles. The standard InChI is InChI=1S/C29H40N4O5/c1-7-12-23(31-25(34)19(2)32(6)28(37)38-29(3,4)5)27(36)33-18-11-17-24(33)26(35)30-22-16-10-14-20-13-8-9-15-21(20)22/h1,8-9,13,15,19,22-24H,10-12,14,16-18H2,2-6H3,(H,30,35)(H,31,34)/t19-,22+,23-,24-/m0/s1. The Balaban J connectivity index is 1.66. The molecule has 0 bridgehead atoms. The van der Waals surface area contributed by atoms with E-state index in [0.717, 1.165) is 24.8 Å². The molecule has 3 rings (SSSR count). The zero-order chi connectivity index (χ0) is 28.0. The third-order valence-electron chi connectivity index (χ3n) is 7.10. The fourth-order valence-electron chi connectivity index (χ4n) is 4.95. The number of likely N-dealkylation sites (tertiary alicyclic amines) is 1. The van der Waals surface area contributed by atoms with Gasteiger partial charge in [0.15, 0.2) is 0 Å². The van der Waals surface area contributed by atoms with Gasteiger partial charge in [0.05, 0.1) is 6.04 Å². The van der Waals surface area contributed by atoms with Crippen molar-refractivity contribution in [2.75, 3.05) is 13.6 Å². The molecule has 0 unspecified atom stereocenters. The summed E-state index contributed by atoms with van der Waals surface area (Å²) in [5.74, 6) is 1.32. The maximum Gasteiger partial charge on any atom is 0.410 e. The molecule has 9 nitrogen and oxygen atoms in total. The van der Waals surface area contributed by atoms with Crippen LogP contribution < -0.4 is 10.6 Å².